The molecule has 0 radical (unpaired) electrons. The lowest BCUT2D eigenvalue weighted by Crippen LogP contribution is -2.29. The molecule has 1 aromatic carbocycles. The first kappa shape index (κ1) is 12.8. The summed E-state index contributed by atoms with van der Waals surface area (Å²) < 4.78 is 25.6. The van der Waals surface area contributed by atoms with Crippen molar-refractivity contribution in [3.63, 3.8) is 0 Å². The highest BCUT2D eigenvalue weighted by molar-refractivity contribution is 7.89. The molecule has 0 atom stereocenters. The van der Waals surface area contributed by atoms with E-state index < -0.39 is 20.6 Å². The quantitative estimate of drug-likeness (QED) is 0.498. The summed E-state index contributed by atoms with van der Waals surface area (Å²) >= 11 is 0. The maximum Gasteiger partial charge on any atom is 0.291 e. The number of nitrogens with two attached hydrogens (primary N) is 1. The van der Waals surface area contributed by atoms with Crippen molar-refractivity contribution in [3.05, 3.63) is 28.3 Å². The molecule has 7 nitrogen and oxygen atoms in total. The van der Waals surface area contributed by atoms with Gasteiger partial charge in [0.2, 0.25) is 10.0 Å². The second kappa shape index (κ2) is 4.21. The van der Waals surface area contributed by atoms with Crippen molar-refractivity contribution < 1.29 is 13.3 Å². The third-order valence-electron chi connectivity index (χ3n) is 2.90. The first-order valence-corrected chi connectivity index (χ1v) is 6.80. The van der Waals surface area contributed by atoms with Crippen LogP contribution in [-0.4, -0.2) is 30.7 Å². The van der Waals surface area contributed by atoms with Gasteiger partial charge in [0.05, 0.1) is 4.92 Å². The number of nitrogen functional groups attached to an aromatic ring is 1. The van der Waals surface area contributed by atoms with Crippen molar-refractivity contribution in [2.45, 2.75) is 23.8 Å². The molecule has 0 bridgehead atoms. The minimum Gasteiger partial charge on any atom is -0.399 e. The second-order valence-corrected chi connectivity index (χ2v) is 6.20. The topological polar surface area (TPSA) is 107 Å². The number of rotatable bonds is 4. The molecule has 0 saturated heterocycles. The lowest BCUT2D eigenvalue weighted by molar-refractivity contribution is -0.387. The SMILES string of the molecule is CN(C1CC1)S(=O)(=O)c1ccc(N)cc1[N+](=O)[O-]. The van der Waals surface area contributed by atoms with Crippen LogP contribution in [0.5, 0.6) is 0 Å². The number of nitro benzene ring substituents is 1. The van der Waals surface area contributed by atoms with Crippen LogP contribution >= 0.6 is 0 Å². The van der Waals surface area contributed by atoms with E-state index in [0.29, 0.717) is 0 Å². The highest BCUT2D eigenvalue weighted by atomic mass is 32.2. The van der Waals surface area contributed by atoms with Crippen molar-refractivity contribution in [3.8, 4) is 0 Å². The fraction of sp³-hybridized carbons (Fsp3) is 0.400. The molecule has 1 fully saturated rings. The molecule has 18 heavy (non-hydrogen) atoms. The number of hydrogen-bond acceptors (Lipinski definition) is 5. The summed E-state index contributed by atoms with van der Waals surface area (Å²) in [4.78, 5) is 9.85. The van der Waals surface area contributed by atoms with Gasteiger partial charge >= 0.3 is 0 Å². The van der Waals surface area contributed by atoms with Gasteiger partial charge in [0, 0.05) is 24.8 Å². The van der Waals surface area contributed by atoms with Gasteiger partial charge in [-0.25, -0.2) is 8.42 Å². The molecular formula is C10H13N3O4S. The lowest BCUT2D eigenvalue weighted by atomic mass is 10.3. The maximum absolute atomic E-state index is 12.2. The predicted molar refractivity (Wildman–Crippen MR) is 65.5 cm³/mol. The molecule has 0 aromatic heterocycles. The normalized spacial score (nSPS) is 15.9. The molecule has 1 aliphatic rings. The van der Waals surface area contributed by atoms with Gasteiger partial charge in [-0.1, -0.05) is 0 Å². The molecule has 0 heterocycles. The van der Waals surface area contributed by atoms with Crippen LogP contribution in [0.4, 0.5) is 11.4 Å². The minimum absolute atomic E-state index is 0.0489. The Morgan fingerprint density at radius 2 is 2.06 bits per heavy atom. The highest BCUT2D eigenvalue weighted by Gasteiger charge is 2.38. The van der Waals surface area contributed by atoms with Crippen molar-refractivity contribution >= 4 is 21.4 Å². The van der Waals surface area contributed by atoms with Crippen molar-refractivity contribution in [2.24, 2.45) is 0 Å². The summed E-state index contributed by atoms with van der Waals surface area (Å²) in [6.45, 7) is 0. The van der Waals surface area contributed by atoms with E-state index in [1.54, 1.807) is 0 Å². The number of nitrogens with zero attached hydrogens (tertiary/aromatic N) is 2. The zero-order valence-electron chi connectivity index (χ0n) is 9.74. The number of nitro groups is 1. The monoisotopic (exact) mass is 271 g/mol. The molecule has 98 valence electrons. The molecule has 1 aromatic rings. The van der Waals surface area contributed by atoms with E-state index in [4.69, 9.17) is 5.73 Å². The molecule has 2 N–H and O–H groups in total. The Morgan fingerprint density at radius 1 is 1.44 bits per heavy atom. The Labute approximate surface area is 104 Å². The number of sulfonamides is 1. The van der Waals surface area contributed by atoms with Gasteiger partial charge in [0.15, 0.2) is 4.90 Å². The van der Waals surface area contributed by atoms with Crippen LogP contribution in [0.25, 0.3) is 0 Å². The molecule has 0 unspecified atom stereocenters. The van der Waals surface area contributed by atoms with Crippen LogP contribution in [0.15, 0.2) is 23.1 Å². The smallest absolute Gasteiger partial charge is 0.291 e. The predicted octanol–water partition coefficient (Wildman–Crippen LogP) is 0.960. The molecule has 0 spiro atoms. The minimum atomic E-state index is -3.83. The zero-order valence-corrected chi connectivity index (χ0v) is 10.6. The van der Waals surface area contributed by atoms with Gasteiger partial charge in [-0.15, -0.1) is 0 Å². The molecule has 0 aliphatic heterocycles. The summed E-state index contributed by atoms with van der Waals surface area (Å²) in [5.74, 6) is 0. The summed E-state index contributed by atoms with van der Waals surface area (Å²) in [6, 6.07) is 3.54. The Kier molecular flexibility index (Phi) is 2.99. The van der Waals surface area contributed by atoms with Crippen LogP contribution in [0.3, 0.4) is 0 Å². The van der Waals surface area contributed by atoms with Gasteiger partial charge in [-0.05, 0) is 25.0 Å². The van der Waals surface area contributed by atoms with E-state index in [9.17, 15) is 18.5 Å². The molecule has 1 aliphatic carbocycles. The van der Waals surface area contributed by atoms with Crippen LogP contribution in [0.2, 0.25) is 0 Å². The van der Waals surface area contributed by atoms with Gasteiger partial charge < -0.3 is 5.73 Å². The first-order valence-electron chi connectivity index (χ1n) is 5.36. The van der Waals surface area contributed by atoms with E-state index in [-0.39, 0.29) is 16.6 Å². The van der Waals surface area contributed by atoms with Crippen LogP contribution < -0.4 is 5.73 Å². The Morgan fingerprint density at radius 3 is 2.56 bits per heavy atom. The highest BCUT2D eigenvalue weighted by Crippen LogP contribution is 2.34. The van der Waals surface area contributed by atoms with Gasteiger partial charge in [-0.3, -0.25) is 10.1 Å². The molecular weight excluding hydrogens is 258 g/mol. The average Bonchev–Trinajstić information content (AvgIpc) is 3.11. The van der Waals surface area contributed by atoms with Crippen molar-refractivity contribution in [2.75, 3.05) is 12.8 Å². The lowest BCUT2D eigenvalue weighted by Gasteiger charge is -2.16. The first-order chi connectivity index (χ1) is 8.34. The molecule has 0 amide bonds. The number of anilines is 1. The number of hydrogen-bond donors (Lipinski definition) is 1. The Balaban J connectivity index is 2.53. The fourth-order valence-corrected chi connectivity index (χ4v) is 3.24. The third-order valence-corrected chi connectivity index (χ3v) is 4.86. The zero-order chi connectivity index (χ0) is 13.5. The van der Waals surface area contributed by atoms with Crippen LogP contribution in [-0.2, 0) is 10.0 Å². The Hall–Kier alpha value is -1.67. The summed E-state index contributed by atoms with van der Waals surface area (Å²) in [7, 11) is -2.39. The molecule has 2 rings (SSSR count). The van der Waals surface area contributed by atoms with E-state index in [1.807, 2.05) is 0 Å². The van der Waals surface area contributed by atoms with Crippen LogP contribution in [0, 0.1) is 10.1 Å². The second-order valence-electron chi connectivity index (χ2n) is 4.24. The fourth-order valence-electron chi connectivity index (χ4n) is 1.68. The number of benzene rings is 1. The van der Waals surface area contributed by atoms with E-state index in [1.165, 1.54) is 23.5 Å². The largest absolute Gasteiger partial charge is 0.399 e. The van der Waals surface area contributed by atoms with Gasteiger partial charge in [0.25, 0.3) is 5.69 Å². The molecule has 1 saturated carbocycles. The third kappa shape index (κ3) is 2.16. The summed E-state index contributed by atoms with van der Waals surface area (Å²) in [5.41, 5.74) is 5.12. The van der Waals surface area contributed by atoms with E-state index in [0.717, 1.165) is 18.9 Å². The Bertz CT molecular complexity index is 595. The van der Waals surface area contributed by atoms with E-state index >= 15 is 0 Å². The maximum atomic E-state index is 12.2. The van der Waals surface area contributed by atoms with Crippen LogP contribution in [0.1, 0.15) is 12.8 Å². The van der Waals surface area contributed by atoms with Crippen molar-refractivity contribution in [1.82, 2.24) is 4.31 Å². The van der Waals surface area contributed by atoms with E-state index in [2.05, 4.69) is 0 Å². The molecule has 8 heteroatoms. The summed E-state index contributed by atoms with van der Waals surface area (Å²) in [5, 5.41) is 10.9. The van der Waals surface area contributed by atoms with Crippen molar-refractivity contribution in [1.29, 1.82) is 0 Å². The van der Waals surface area contributed by atoms with Gasteiger partial charge in [0.1, 0.15) is 0 Å². The summed E-state index contributed by atoms with van der Waals surface area (Å²) in [6.07, 6.45) is 1.58. The average molecular weight is 271 g/mol. The van der Waals surface area contributed by atoms with Gasteiger partial charge in [-0.2, -0.15) is 4.31 Å². The standard InChI is InChI=1S/C10H13N3O4S/c1-12(8-3-4-8)18(16,17)10-5-2-7(11)6-9(10)13(14)15/h2,5-6,8H,3-4,11H2,1H3.